The minimum absolute atomic E-state index is 0. The standard InChI is InChI=1S/C18H22N2O2S.ClH/c1-2-7-17(19)18(21)20-15-9-6-8-14(12-15)13-23(22)16-10-4-3-5-11-16;/h3-6,8-12,17H,2,7,13,19H2,1H3,(H,20,21);1H. The van der Waals surface area contributed by atoms with Crippen molar-refractivity contribution in [1.29, 1.82) is 0 Å². The fraction of sp³-hybridized carbons (Fsp3) is 0.278. The largest absolute Gasteiger partial charge is 0.325 e. The van der Waals surface area contributed by atoms with Gasteiger partial charge in [-0.2, -0.15) is 0 Å². The van der Waals surface area contributed by atoms with Crippen LogP contribution in [0.5, 0.6) is 0 Å². The number of nitrogens with two attached hydrogens (primary N) is 1. The fourth-order valence-corrected chi connectivity index (χ4v) is 3.33. The average Bonchev–Trinajstić information content (AvgIpc) is 2.56. The first-order valence-corrected chi connectivity index (χ1v) is 9.01. The number of hydrogen-bond acceptors (Lipinski definition) is 3. The maximum absolute atomic E-state index is 12.3. The predicted octanol–water partition coefficient (Wildman–Crippen LogP) is 3.48. The SMILES string of the molecule is CCCC(N)C(=O)Nc1cccc(CS(=O)c2ccccc2)c1.Cl. The van der Waals surface area contributed by atoms with Crippen molar-refractivity contribution in [3.8, 4) is 0 Å². The first-order valence-electron chi connectivity index (χ1n) is 7.69. The van der Waals surface area contributed by atoms with Crippen LogP contribution in [0.1, 0.15) is 25.3 Å². The highest BCUT2D eigenvalue weighted by molar-refractivity contribution is 7.84. The van der Waals surface area contributed by atoms with E-state index in [0.29, 0.717) is 17.9 Å². The van der Waals surface area contributed by atoms with E-state index in [2.05, 4.69) is 5.32 Å². The molecule has 24 heavy (non-hydrogen) atoms. The molecule has 0 fully saturated rings. The summed E-state index contributed by atoms with van der Waals surface area (Å²) in [6.45, 7) is 1.99. The summed E-state index contributed by atoms with van der Waals surface area (Å²) in [6, 6.07) is 16.3. The van der Waals surface area contributed by atoms with Gasteiger partial charge < -0.3 is 11.1 Å². The van der Waals surface area contributed by atoms with E-state index in [1.807, 2.05) is 61.5 Å². The third-order valence-electron chi connectivity index (χ3n) is 3.43. The number of rotatable bonds is 7. The van der Waals surface area contributed by atoms with Gasteiger partial charge in [-0.1, -0.05) is 43.7 Å². The minimum Gasteiger partial charge on any atom is -0.325 e. The normalized spacial score (nSPS) is 12.8. The van der Waals surface area contributed by atoms with Crippen molar-refractivity contribution in [3.05, 3.63) is 60.2 Å². The van der Waals surface area contributed by atoms with Crippen LogP contribution < -0.4 is 11.1 Å². The zero-order valence-electron chi connectivity index (χ0n) is 13.6. The number of nitrogens with one attached hydrogen (secondary N) is 1. The Labute approximate surface area is 151 Å². The summed E-state index contributed by atoms with van der Waals surface area (Å²) in [5, 5.41) is 2.82. The van der Waals surface area contributed by atoms with Gasteiger partial charge in [0.1, 0.15) is 0 Å². The van der Waals surface area contributed by atoms with E-state index in [9.17, 15) is 9.00 Å². The van der Waals surface area contributed by atoms with E-state index in [4.69, 9.17) is 5.73 Å². The Morgan fingerprint density at radius 3 is 2.54 bits per heavy atom. The zero-order chi connectivity index (χ0) is 16.7. The number of anilines is 1. The van der Waals surface area contributed by atoms with Gasteiger partial charge in [0.2, 0.25) is 5.91 Å². The van der Waals surface area contributed by atoms with Crippen LogP contribution in [0.15, 0.2) is 59.5 Å². The lowest BCUT2D eigenvalue weighted by molar-refractivity contribution is -0.117. The van der Waals surface area contributed by atoms with Crippen LogP contribution in [0.25, 0.3) is 0 Å². The van der Waals surface area contributed by atoms with Gasteiger partial charge in [0.25, 0.3) is 0 Å². The molecule has 0 aromatic heterocycles. The lowest BCUT2D eigenvalue weighted by Crippen LogP contribution is -2.35. The second kappa shape index (κ2) is 10.2. The Morgan fingerprint density at radius 2 is 1.88 bits per heavy atom. The highest BCUT2D eigenvalue weighted by atomic mass is 35.5. The van der Waals surface area contributed by atoms with Crippen LogP contribution in [0.3, 0.4) is 0 Å². The number of benzene rings is 2. The molecule has 0 aliphatic carbocycles. The fourth-order valence-electron chi connectivity index (χ4n) is 2.22. The molecule has 130 valence electrons. The summed E-state index contributed by atoms with van der Waals surface area (Å²) in [6.07, 6.45) is 1.52. The van der Waals surface area contributed by atoms with Crippen molar-refractivity contribution < 1.29 is 9.00 Å². The summed E-state index contributed by atoms with van der Waals surface area (Å²) in [4.78, 5) is 12.8. The van der Waals surface area contributed by atoms with Gasteiger partial charge in [-0.05, 0) is 36.2 Å². The Balaban J connectivity index is 0.00000288. The summed E-state index contributed by atoms with van der Waals surface area (Å²) < 4.78 is 12.3. The van der Waals surface area contributed by atoms with Crippen LogP contribution in [0.4, 0.5) is 5.69 Å². The molecule has 2 rings (SSSR count). The van der Waals surface area contributed by atoms with E-state index in [0.717, 1.165) is 16.9 Å². The zero-order valence-corrected chi connectivity index (χ0v) is 15.2. The summed E-state index contributed by atoms with van der Waals surface area (Å²) in [5.41, 5.74) is 7.41. The molecule has 2 aromatic rings. The Bertz CT molecular complexity index is 680. The molecule has 1 amide bonds. The van der Waals surface area contributed by atoms with Crippen LogP contribution in [-0.4, -0.2) is 16.2 Å². The quantitative estimate of drug-likeness (QED) is 0.787. The van der Waals surface area contributed by atoms with Gasteiger partial charge >= 0.3 is 0 Å². The van der Waals surface area contributed by atoms with Crippen LogP contribution in [-0.2, 0) is 21.3 Å². The molecular formula is C18H23ClN2O2S. The van der Waals surface area contributed by atoms with E-state index in [1.165, 1.54) is 0 Å². The van der Waals surface area contributed by atoms with Gasteiger partial charge in [0.05, 0.1) is 22.6 Å². The van der Waals surface area contributed by atoms with E-state index in [1.54, 1.807) is 0 Å². The van der Waals surface area contributed by atoms with Crippen molar-refractivity contribution in [2.24, 2.45) is 5.73 Å². The maximum atomic E-state index is 12.3. The molecule has 0 aliphatic rings. The number of hydrogen-bond donors (Lipinski definition) is 2. The molecule has 2 aromatic carbocycles. The first-order chi connectivity index (χ1) is 11.1. The number of carbonyl (C=O) groups excluding carboxylic acids is 1. The topological polar surface area (TPSA) is 72.2 Å². The molecule has 0 bridgehead atoms. The number of amides is 1. The Morgan fingerprint density at radius 1 is 1.17 bits per heavy atom. The van der Waals surface area contributed by atoms with E-state index < -0.39 is 16.8 Å². The molecule has 0 radical (unpaired) electrons. The van der Waals surface area contributed by atoms with Crippen LogP contribution in [0.2, 0.25) is 0 Å². The van der Waals surface area contributed by atoms with Crippen molar-refractivity contribution in [1.82, 2.24) is 0 Å². The van der Waals surface area contributed by atoms with Gasteiger partial charge in [-0.3, -0.25) is 9.00 Å². The van der Waals surface area contributed by atoms with Crippen molar-refractivity contribution >= 4 is 34.8 Å². The van der Waals surface area contributed by atoms with Gasteiger partial charge in [0, 0.05) is 10.6 Å². The lowest BCUT2D eigenvalue weighted by atomic mass is 10.1. The molecule has 2 unspecified atom stereocenters. The smallest absolute Gasteiger partial charge is 0.241 e. The summed E-state index contributed by atoms with van der Waals surface area (Å²) in [5.74, 6) is 0.225. The molecule has 6 heteroatoms. The number of carbonyl (C=O) groups is 1. The molecule has 0 aliphatic heterocycles. The lowest BCUT2D eigenvalue weighted by Gasteiger charge is -2.12. The predicted molar refractivity (Wildman–Crippen MR) is 102 cm³/mol. The molecule has 2 atom stereocenters. The minimum atomic E-state index is -1.10. The van der Waals surface area contributed by atoms with Gasteiger partial charge in [-0.25, -0.2) is 0 Å². The molecule has 4 nitrogen and oxygen atoms in total. The number of halogens is 1. The van der Waals surface area contributed by atoms with E-state index >= 15 is 0 Å². The van der Waals surface area contributed by atoms with Crippen LogP contribution >= 0.6 is 12.4 Å². The molecule has 0 saturated carbocycles. The first kappa shape index (κ1) is 20.4. The highest BCUT2D eigenvalue weighted by Gasteiger charge is 2.12. The van der Waals surface area contributed by atoms with Gasteiger partial charge in [-0.15, -0.1) is 12.4 Å². The Kier molecular flexibility index (Phi) is 8.68. The second-order valence-electron chi connectivity index (χ2n) is 5.39. The average molecular weight is 367 g/mol. The maximum Gasteiger partial charge on any atom is 0.241 e. The third kappa shape index (κ3) is 6.07. The third-order valence-corrected chi connectivity index (χ3v) is 4.83. The molecule has 3 N–H and O–H groups in total. The molecule has 0 saturated heterocycles. The van der Waals surface area contributed by atoms with E-state index in [-0.39, 0.29) is 18.3 Å². The monoisotopic (exact) mass is 366 g/mol. The second-order valence-corrected chi connectivity index (χ2v) is 6.84. The summed E-state index contributed by atoms with van der Waals surface area (Å²) in [7, 11) is -1.10. The Hall–Kier alpha value is -1.69. The molecule has 0 spiro atoms. The molecular weight excluding hydrogens is 344 g/mol. The molecule has 0 heterocycles. The summed E-state index contributed by atoms with van der Waals surface area (Å²) >= 11 is 0. The highest BCUT2D eigenvalue weighted by Crippen LogP contribution is 2.16. The van der Waals surface area contributed by atoms with Gasteiger partial charge in [0.15, 0.2) is 0 Å². The van der Waals surface area contributed by atoms with Crippen molar-refractivity contribution in [2.45, 2.75) is 36.5 Å². The van der Waals surface area contributed by atoms with Crippen molar-refractivity contribution in [3.63, 3.8) is 0 Å². The van der Waals surface area contributed by atoms with Crippen LogP contribution in [0, 0.1) is 0 Å². The van der Waals surface area contributed by atoms with Crippen molar-refractivity contribution in [2.75, 3.05) is 5.32 Å².